The van der Waals surface area contributed by atoms with Gasteiger partial charge in [0.1, 0.15) is 0 Å². The van der Waals surface area contributed by atoms with E-state index in [4.69, 9.17) is 105 Å². The summed E-state index contributed by atoms with van der Waals surface area (Å²) in [5.74, 6) is 0. The smallest absolute Gasteiger partial charge is 0.759 e. The first-order valence-electron chi connectivity index (χ1n) is 4.00. The van der Waals surface area contributed by atoms with Gasteiger partial charge in [0.05, 0.1) is 0 Å². The number of hydrogen-bond acceptors (Lipinski definition) is 24. The van der Waals surface area contributed by atoms with Gasteiger partial charge in [-0.3, -0.25) is 50.5 Å². The van der Waals surface area contributed by atoms with Crippen LogP contribution in [0.1, 0.15) is 0 Å². The Hall–Kier alpha value is 18.9. The van der Waals surface area contributed by atoms with Crippen molar-refractivity contribution in [1.29, 1.82) is 0 Å². The van der Waals surface area contributed by atoms with E-state index >= 15 is 0 Å². The van der Waals surface area contributed by atoms with Crippen molar-refractivity contribution >= 4 is 62.4 Å². The Labute approximate surface area is 754 Å². The van der Waals surface area contributed by atoms with Crippen LogP contribution in [0.4, 0.5) is 0 Å². The topological polar surface area (TPSA) is 482 Å². The summed E-state index contributed by atoms with van der Waals surface area (Å²) in [4.78, 5) is 0. The zero-order valence-electron chi connectivity index (χ0n) is 24.2. The van der Waals surface area contributed by atoms with E-state index in [9.17, 15) is 0 Å². The largest absolute Gasteiger partial charge is 1.00 e. The summed E-state index contributed by atoms with van der Waals surface area (Å²) in [5.41, 5.74) is 0. The van der Waals surface area contributed by atoms with Crippen LogP contribution in [0.15, 0.2) is 0 Å². The second kappa shape index (κ2) is 68.9. The number of rotatable bonds is 0. The third-order valence-corrected chi connectivity index (χ3v) is 0. The van der Waals surface area contributed by atoms with Crippen molar-refractivity contribution in [2.75, 3.05) is 0 Å². The van der Waals surface area contributed by atoms with E-state index in [2.05, 4.69) is 0 Å². The van der Waals surface area contributed by atoms with Gasteiger partial charge in [-0.15, -0.1) is 0 Å². The predicted molar refractivity (Wildman–Crippen MR) is 62.8 cm³/mol. The normalized spacial score (nSPS) is 8.29. The molecular formula is K12O24S6. The van der Waals surface area contributed by atoms with Crippen molar-refractivity contribution < 1.29 is 722 Å². The van der Waals surface area contributed by atoms with Crippen LogP contribution in [0.5, 0.6) is 0 Å². The fraction of sp³-hybridized carbons (Fsp3) is 0. The molecule has 0 heterocycles. The zero-order chi connectivity index (χ0) is 27.0. The fourth-order valence-corrected chi connectivity index (χ4v) is 0. The maximum atomic E-state index is 8.52. The van der Waals surface area contributed by atoms with E-state index in [1.165, 1.54) is 0 Å². The van der Waals surface area contributed by atoms with E-state index < -0.39 is 62.4 Å². The fourth-order valence-electron chi connectivity index (χ4n) is 0. The molecule has 42 heavy (non-hydrogen) atoms. The molecule has 0 spiro atoms. The van der Waals surface area contributed by atoms with Gasteiger partial charge in [-0.05, 0) is 0 Å². The Morgan fingerprint density at radius 1 is 0.167 bits per heavy atom. The van der Waals surface area contributed by atoms with Crippen LogP contribution < -0.4 is 617 Å². The van der Waals surface area contributed by atoms with E-state index in [1.807, 2.05) is 0 Å². The average molecular weight is 1050 g/mol. The standard InChI is InChI=1S/12K.6H2O4S/c;;;;;;;;;;;;6*1-5(2,3)4/h;;;;;;;;;;;;6*(H2,1,2,3,4)/q12*+1;;;;;;/p-12. The minimum absolute atomic E-state index is 0. The summed E-state index contributed by atoms with van der Waals surface area (Å²) in [6.07, 6.45) is 0. The van der Waals surface area contributed by atoms with Crippen molar-refractivity contribution in [3.05, 3.63) is 0 Å². The molecule has 0 unspecified atom stereocenters. The van der Waals surface area contributed by atoms with Crippen LogP contribution in [-0.4, -0.2) is 105 Å². The first kappa shape index (κ1) is 119. The minimum Gasteiger partial charge on any atom is -0.759 e. The quantitative estimate of drug-likeness (QED) is 0.123. The summed E-state index contributed by atoms with van der Waals surface area (Å²) < 4.78 is 205. The molecule has 0 aromatic carbocycles. The van der Waals surface area contributed by atoms with Gasteiger partial charge in [0, 0.05) is 62.4 Å². The molecule has 0 rings (SSSR count). The maximum Gasteiger partial charge on any atom is 1.00 e. The monoisotopic (exact) mass is 1040 g/mol. The molecule has 0 N–H and O–H groups in total. The summed E-state index contributed by atoms with van der Waals surface area (Å²) in [6.45, 7) is 0. The molecule has 0 bridgehead atoms. The van der Waals surface area contributed by atoms with Gasteiger partial charge in [0.25, 0.3) is 0 Å². The van der Waals surface area contributed by atoms with Gasteiger partial charge in [-0.25, -0.2) is 0 Å². The van der Waals surface area contributed by atoms with Gasteiger partial charge >= 0.3 is 617 Å². The molecule has 0 saturated heterocycles. The van der Waals surface area contributed by atoms with Gasteiger partial charge in [0.15, 0.2) is 0 Å². The van der Waals surface area contributed by atoms with Crippen LogP contribution in [0, 0.1) is 0 Å². The first-order chi connectivity index (χ1) is 12.0. The molecule has 0 radical (unpaired) electrons. The van der Waals surface area contributed by atoms with E-state index in [1.54, 1.807) is 0 Å². The summed E-state index contributed by atoms with van der Waals surface area (Å²) >= 11 is 0. The third-order valence-electron chi connectivity index (χ3n) is 0. The minimum atomic E-state index is -5.17. The third kappa shape index (κ3) is 554. The van der Waals surface area contributed by atoms with Crippen LogP contribution in [0.3, 0.4) is 0 Å². The zero-order valence-corrected chi connectivity index (χ0v) is 66.6. The second-order valence-electron chi connectivity index (χ2n) is 2.45. The molecule has 0 aromatic heterocycles. The van der Waals surface area contributed by atoms with Crippen LogP contribution in [0.25, 0.3) is 0 Å². The SMILES string of the molecule is O=S(=O)([O-])[O-].O=S(=O)([O-])[O-].O=S(=O)([O-])[O-].O=S(=O)([O-])[O-].O=S(=O)([O-])[O-].O=S(=O)([O-])[O-].[K+].[K+].[K+].[K+].[K+].[K+].[K+].[K+].[K+].[K+].[K+].[K+]. The summed E-state index contributed by atoms with van der Waals surface area (Å²) in [7, 11) is -31.0. The molecule has 42 heteroatoms. The van der Waals surface area contributed by atoms with E-state index in [0.717, 1.165) is 0 Å². The predicted octanol–water partition coefficient (Wildman–Crippen LogP) is -44.0. The molecule has 24 nitrogen and oxygen atoms in total. The average Bonchev–Trinajstić information content (AvgIpc) is 1.94. The van der Waals surface area contributed by atoms with Crippen molar-refractivity contribution in [2.24, 2.45) is 0 Å². The van der Waals surface area contributed by atoms with Crippen LogP contribution in [-0.2, 0) is 62.4 Å². The van der Waals surface area contributed by atoms with Crippen molar-refractivity contribution in [1.82, 2.24) is 0 Å². The Morgan fingerprint density at radius 3 is 0.167 bits per heavy atom. The van der Waals surface area contributed by atoms with E-state index in [0.29, 0.717) is 0 Å². The molecular weight excluding hydrogens is 1050 g/mol. The van der Waals surface area contributed by atoms with Crippen molar-refractivity contribution in [3.63, 3.8) is 0 Å². The second-order valence-corrected chi connectivity index (χ2v) is 7.35. The van der Waals surface area contributed by atoms with Crippen LogP contribution in [0.2, 0.25) is 0 Å². The Bertz CT molecular complexity index is 790. The molecule has 0 amide bonds. The molecule has 0 aliphatic carbocycles. The molecule has 0 aromatic rings. The van der Waals surface area contributed by atoms with Crippen molar-refractivity contribution in [2.45, 2.75) is 0 Å². The van der Waals surface area contributed by atoms with Gasteiger partial charge in [-0.1, -0.05) is 0 Å². The first-order valence-corrected chi connectivity index (χ1v) is 12.0. The Balaban J connectivity index is -0.00000000973. The van der Waals surface area contributed by atoms with E-state index in [-0.39, 0.29) is 617 Å². The summed E-state index contributed by atoms with van der Waals surface area (Å²) in [6, 6.07) is 0. The van der Waals surface area contributed by atoms with Crippen LogP contribution >= 0.6 is 0 Å². The molecule has 192 valence electrons. The molecule has 0 atom stereocenters. The van der Waals surface area contributed by atoms with Gasteiger partial charge in [-0.2, -0.15) is 0 Å². The molecule has 0 fully saturated rings. The Morgan fingerprint density at radius 2 is 0.167 bits per heavy atom. The van der Waals surface area contributed by atoms with Gasteiger partial charge in [0.2, 0.25) is 0 Å². The molecule has 0 aliphatic heterocycles. The maximum absolute atomic E-state index is 8.52. The van der Waals surface area contributed by atoms with Gasteiger partial charge < -0.3 is 54.6 Å². The molecule has 0 saturated carbocycles. The molecule has 0 aliphatic rings. The van der Waals surface area contributed by atoms with Crippen molar-refractivity contribution in [3.8, 4) is 0 Å². The number of hydrogen-bond donors (Lipinski definition) is 0. The summed E-state index contributed by atoms with van der Waals surface area (Å²) in [5, 5.41) is 0. The Kier molecular flexibility index (Phi) is 195.